The van der Waals surface area contributed by atoms with E-state index in [1.807, 2.05) is 6.07 Å². The lowest BCUT2D eigenvalue weighted by Crippen LogP contribution is -2.28. The molecule has 0 saturated heterocycles. The van der Waals surface area contributed by atoms with Crippen molar-refractivity contribution in [2.45, 2.75) is 19.8 Å². The molecule has 1 rings (SSSR count). The quantitative estimate of drug-likeness (QED) is 0.565. The lowest BCUT2D eigenvalue weighted by Gasteiger charge is -2.15. The molecule has 0 unspecified atom stereocenters. The monoisotopic (exact) mass is 291 g/mol. The van der Waals surface area contributed by atoms with Crippen LogP contribution in [0.2, 0.25) is 0 Å². The molecule has 0 saturated carbocycles. The molecule has 0 aromatic heterocycles. The van der Waals surface area contributed by atoms with Crippen molar-refractivity contribution in [3.8, 4) is 11.8 Å². The Labute approximate surface area is 122 Å². The maximum absolute atomic E-state index is 11.7. The average Bonchev–Trinajstić information content (AvgIpc) is 2.45. The molecular formula is C14H17N3O4. The first kappa shape index (κ1) is 16.4. The Morgan fingerprint density at radius 3 is 2.81 bits per heavy atom. The van der Waals surface area contributed by atoms with Gasteiger partial charge in [0.1, 0.15) is 5.75 Å². The molecule has 7 nitrogen and oxygen atoms in total. The molecule has 0 aliphatic rings. The number of hydrogen-bond donors (Lipinski definition) is 0. The van der Waals surface area contributed by atoms with Crippen LogP contribution in [0.5, 0.6) is 5.75 Å². The van der Waals surface area contributed by atoms with Crippen molar-refractivity contribution < 1.29 is 14.5 Å². The number of nitro groups is 1. The number of nitro benzene ring substituents is 1. The topological polar surface area (TPSA) is 96.5 Å². The third-order valence-electron chi connectivity index (χ3n) is 2.93. The number of carbonyl (C=O) groups is 1. The number of carbonyl (C=O) groups excluding carboxylic acids is 1. The predicted molar refractivity (Wildman–Crippen MR) is 75.8 cm³/mol. The Morgan fingerprint density at radius 1 is 1.52 bits per heavy atom. The summed E-state index contributed by atoms with van der Waals surface area (Å²) >= 11 is 0. The molecule has 0 aliphatic heterocycles. The van der Waals surface area contributed by atoms with E-state index in [0.717, 1.165) is 0 Å². The second-order valence-corrected chi connectivity index (χ2v) is 4.53. The van der Waals surface area contributed by atoms with Crippen LogP contribution in [0.1, 0.15) is 18.4 Å². The Hall–Kier alpha value is -2.62. The zero-order valence-corrected chi connectivity index (χ0v) is 12.0. The van der Waals surface area contributed by atoms with Crippen LogP contribution in [-0.2, 0) is 4.79 Å². The Balaban J connectivity index is 2.48. The number of hydrogen-bond acceptors (Lipinski definition) is 5. The molecule has 1 aromatic carbocycles. The number of benzene rings is 1. The number of ether oxygens (including phenoxy) is 1. The van der Waals surface area contributed by atoms with Gasteiger partial charge in [-0.1, -0.05) is 0 Å². The second-order valence-electron chi connectivity index (χ2n) is 4.53. The highest BCUT2D eigenvalue weighted by Gasteiger charge is 2.11. The van der Waals surface area contributed by atoms with Gasteiger partial charge in [-0.3, -0.25) is 14.9 Å². The van der Waals surface area contributed by atoms with Gasteiger partial charge in [0.2, 0.25) is 5.91 Å². The molecule has 0 fully saturated rings. The van der Waals surface area contributed by atoms with Gasteiger partial charge >= 0.3 is 0 Å². The molecule has 1 amide bonds. The van der Waals surface area contributed by atoms with Crippen LogP contribution in [0.15, 0.2) is 18.2 Å². The lowest BCUT2D eigenvalue weighted by molar-refractivity contribution is -0.384. The number of non-ortho nitro benzene ring substituents is 1. The van der Waals surface area contributed by atoms with Gasteiger partial charge in [-0.2, -0.15) is 5.26 Å². The molecule has 7 heteroatoms. The van der Waals surface area contributed by atoms with E-state index >= 15 is 0 Å². The molecule has 0 spiro atoms. The molecule has 1 aromatic rings. The smallest absolute Gasteiger partial charge is 0.269 e. The highest BCUT2D eigenvalue weighted by atomic mass is 16.6. The molecular weight excluding hydrogens is 274 g/mol. The lowest BCUT2D eigenvalue weighted by atomic mass is 10.2. The molecule has 0 aliphatic carbocycles. The summed E-state index contributed by atoms with van der Waals surface area (Å²) in [4.78, 5) is 23.3. The van der Waals surface area contributed by atoms with Crippen LogP contribution in [0, 0.1) is 28.4 Å². The zero-order valence-electron chi connectivity index (χ0n) is 12.0. The summed E-state index contributed by atoms with van der Waals surface area (Å²) in [5.41, 5.74) is 0.654. The SMILES string of the molecule is Cc1cc([N+](=O)[O-])ccc1OCCC(=O)N(C)CCC#N. The standard InChI is InChI=1S/C14H17N3O4/c1-11-10-12(17(19)20)4-5-13(11)21-9-6-14(18)16(2)8-3-7-15/h4-5,10H,3,6,8-9H2,1-2H3. The largest absolute Gasteiger partial charge is 0.493 e. The van der Waals surface area contributed by atoms with Gasteiger partial charge in [-0.15, -0.1) is 0 Å². The summed E-state index contributed by atoms with van der Waals surface area (Å²) in [5.74, 6) is 0.415. The van der Waals surface area contributed by atoms with E-state index in [9.17, 15) is 14.9 Å². The van der Waals surface area contributed by atoms with Crippen LogP contribution in [0.3, 0.4) is 0 Å². The maximum Gasteiger partial charge on any atom is 0.269 e. The summed E-state index contributed by atoms with van der Waals surface area (Å²) in [5, 5.41) is 19.1. The fourth-order valence-corrected chi connectivity index (χ4v) is 1.69. The molecule has 0 bridgehead atoms. The Kier molecular flexibility index (Phi) is 6.14. The minimum absolute atomic E-state index is 0.00663. The van der Waals surface area contributed by atoms with Crippen molar-refractivity contribution in [1.29, 1.82) is 5.26 Å². The second kappa shape index (κ2) is 7.85. The van der Waals surface area contributed by atoms with Gasteiger partial charge in [-0.25, -0.2) is 0 Å². The van der Waals surface area contributed by atoms with Gasteiger partial charge < -0.3 is 9.64 Å². The van der Waals surface area contributed by atoms with E-state index in [4.69, 9.17) is 10.00 Å². The van der Waals surface area contributed by atoms with Crippen LogP contribution < -0.4 is 4.74 Å². The Morgan fingerprint density at radius 2 is 2.24 bits per heavy atom. The first-order chi connectivity index (χ1) is 9.95. The van der Waals surface area contributed by atoms with Gasteiger partial charge in [-0.05, 0) is 18.6 Å². The van der Waals surface area contributed by atoms with Crippen LogP contribution in [0.4, 0.5) is 5.69 Å². The maximum atomic E-state index is 11.7. The summed E-state index contributed by atoms with van der Waals surface area (Å²) in [6, 6.07) is 6.29. The highest BCUT2D eigenvalue weighted by Crippen LogP contribution is 2.23. The van der Waals surface area contributed by atoms with Gasteiger partial charge in [0.15, 0.2) is 0 Å². The van der Waals surface area contributed by atoms with E-state index < -0.39 is 4.92 Å². The fraction of sp³-hybridized carbons (Fsp3) is 0.429. The third-order valence-corrected chi connectivity index (χ3v) is 2.93. The van der Waals surface area contributed by atoms with Crippen LogP contribution in [-0.4, -0.2) is 35.9 Å². The first-order valence-corrected chi connectivity index (χ1v) is 6.44. The van der Waals surface area contributed by atoms with E-state index in [2.05, 4.69) is 0 Å². The van der Waals surface area contributed by atoms with Crippen molar-refractivity contribution in [1.82, 2.24) is 4.90 Å². The summed E-state index contributed by atoms with van der Waals surface area (Å²) in [7, 11) is 1.64. The first-order valence-electron chi connectivity index (χ1n) is 6.44. The fourth-order valence-electron chi connectivity index (χ4n) is 1.69. The minimum Gasteiger partial charge on any atom is -0.493 e. The molecule has 0 N–H and O–H groups in total. The molecule has 0 atom stereocenters. The van der Waals surface area contributed by atoms with Gasteiger partial charge in [0.05, 0.1) is 30.4 Å². The molecule has 0 heterocycles. The number of amides is 1. The van der Waals surface area contributed by atoms with E-state index in [-0.39, 0.29) is 24.6 Å². The minimum atomic E-state index is -0.468. The molecule has 0 radical (unpaired) electrons. The summed E-state index contributed by atoms with van der Waals surface area (Å²) < 4.78 is 5.46. The summed E-state index contributed by atoms with van der Waals surface area (Å²) in [6.07, 6.45) is 0.489. The molecule has 21 heavy (non-hydrogen) atoms. The predicted octanol–water partition coefficient (Wildman–Crippen LogP) is 2.04. The van der Waals surface area contributed by atoms with Crippen molar-refractivity contribution >= 4 is 11.6 Å². The van der Waals surface area contributed by atoms with E-state index in [1.54, 1.807) is 14.0 Å². The average molecular weight is 291 g/mol. The third kappa shape index (κ3) is 5.10. The van der Waals surface area contributed by atoms with Gasteiger partial charge in [0, 0.05) is 25.7 Å². The number of aryl methyl sites for hydroxylation is 1. The van der Waals surface area contributed by atoms with Gasteiger partial charge in [0.25, 0.3) is 5.69 Å². The van der Waals surface area contributed by atoms with E-state index in [0.29, 0.717) is 24.3 Å². The van der Waals surface area contributed by atoms with Crippen molar-refractivity contribution in [3.63, 3.8) is 0 Å². The Bertz CT molecular complexity index is 566. The van der Waals surface area contributed by atoms with E-state index in [1.165, 1.54) is 23.1 Å². The van der Waals surface area contributed by atoms with Crippen LogP contribution in [0.25, 0.3) is 0 Å². The normalized spacial score (nSPS) is 9.76. The summed E-state index contributed by atoms with van der Waals surface area (Å²) in [6.45, 7) is 2.30. The van der Waals surface area contributed by atoms with Crippen molar-refractivity contribution in [2.24, 2.45) is 0 Å². The van der Waals surface area contributed by atoms with Crippen molar-refractivity contribution in [3.05, 3.63) is 33.9 Å². The number of nitriles is 1. The van der Waals surface area contributed by atoms with Crippen LogP contribution >= 0.6 is 0 Å². The zero-order chi connectivity index (χ0) is 15.8. The molecule has 112 valence electrons. The highest BCUT2D eigenvalue weighted by molar-refractivity contribution is 5.76. The number of rotatable bonds is 7. The number of nitrogens with zero attached hydrogens (tertiary/aromatic N) is 3. The van der Waals surface area contributed by atoms with Crippen molar-refractivity contribution in [2.75, 3.05) is 20.2 Å².